The van der Waals surface area contributed by atoms with Crippen molar-refractivity contribution in [2.45, 2.75) is 32.3 Å². The number of aryl methyl sites for hydroxylation is 1. The average Bonchev–Trinajstić information content (AvgIpc) is 2.27. The molecule has 1 fully saturated rings. The second-order valence-electron chi connectivity index (χ2n) is 5.30. The first-order valence-corrected chi connectivity index (χ1v) is 6.60. The molecule has 1 aliphatic heterocycles. The number of hydrogen-bond donors (Lipinski definition) is 0. The standard InChI is InChI=1S/C14H20ClNO/c1-11-4-5-13(12(8-11)9-15)16-6-7-17-14(2,3)10-16/h4-5,8H,6-7,9-10H2,1-3H3. The van der Waals surface area contributed by atoms with E-state index in [1.165, 1.54) is 16.8 Å². The normalized spacial score (nSPS) is 19.4. The van der Waals surface area contributed by atoms with Crippen LogP contribution in [0.4, 0.5) is 5.69 Å². The predicted octanol–water partition coefficient (Wildman–Crippen LogP) is 3.35. The summed E-state index contributed by atoms with van der Waals surface area (Å²) in [5, 5.41) is 0. The molecular formula is C14H20ClNO. The number of ether oxygens (including phenoxy) is 1. The summed E-state index contributed by atoms with van der Waals surface area (Å²) < 4.78 is 5.74. The second-order valence-corrected chi connectivity index (χ2v) is 5.56. The van der Waals surface area contributed by atoms with Crippen LogP contribution in [0.2, 0.25) is 0 Å². The maximum Gasteiger partial charge on any atom is 0.0801 e. The summed E-state index contributed by atoms with van der Waals surface area (Å²) in [6.07, 6.45) is 0. The van der Waals surface area contributed by atoms with Crippen LogP contribution in [-0.4, -0.2) is 25.3 Å². The zero-order valence-electron chi connectivity index (χ0n) is 10.8. The molecule has 0 amide bonds. The molecule has 94 valence electrons. The van der Waals surface area contributed by atoms with E-state index in [1.807, 2.05) is 0 Å². The van der Waals surface area contributed by atoms with Crippen LogP contribution in [0, 0.1) is 6.92 Å². The van der Waals surface area contributed by atoms with E-state index in [0.717, 1.165) is 19.7 Å². The summed E-state index contributed by atoms with van der Waals surface area (Å²) in [6.45, 7) is 9.00. The van der Waals surface area contributed by atoms with Crippen LogP contribution < -0.4 is 4.90 Å². The van der Waals surface area contributed by atoms with E-state index in [1.54, 1.807) is 0 Å². The van der Waals surface area contributed by atoms with Crippen molar-refractivity contribution < 1.29 is 4.74 Å². The van der Waals surface area contributed by atoms with Gasteiger partial charge in [0.25, 0.3) is 0 Å². The van der Waals surface area contributed by atoms with Gasteiger partial charge in [0.2, 0.25) is 0 Å². The van der Waals surface area contributed by atoms with Gasteiger partial charge in [0.1, 0.15) is 0 Å². The van der Waals surface area contributed by atoms with Gasteiger partial charge in [-0.3, -0.25) is 0 Å². The van der Waals surface area contributed by atoms with Crippen LogP contribution in [0.25, 0.3) is 0 Å². The smallest absolute Gasteiger partial charge is 0.0801 e. The van der Waals surface area contributed by atoms with Crippen LogP contribution in [0.3, 0.4) is 0 Å². The molecule has 0 aromatic heterocycles. The van der Waals surface area contributed by atoms with Gasteiger partial charge in [-0.2, -0.15) is 0 Å². The fourth-order valence-electron chi connectivity index (χ4n) is 2.35. The van der Waals surface area contributed by atoms with Crippen molar-refractivity contribution in [2.24, 2.45) is 0 Å². The fraction of sp³-hybridized carbons (Fsp3) is 0.571. The molecular weight excluding hydrogens is 234 g/mol. The molecule has 1 saturated heterocycles. The van der Waals surface area contributed by atoms with Gasteiger partial charge in [-0.1, -0.05) is 17.7 Å². The largest absolute Gasteiger partial charge is 0.372 e. The molecule has 1 aliphatic rings. The number of hydrogen-bond acceptors (Lipinski definition) is 2. The Morgan fingerprint density at radius 3 is 2.82 bits per heavy atom. The Bertz CT molecular complexity index is 403. The van der Waals surface area contributed by atoms with Gasteiger partial charge in [0.15, 0.2) is 0 Å². The maximum absolute atomic E-state index is 6.04. The molecule has 0 radical (unpaired) electrons. The van der Waals surface area contributed by atoms with Crippen molar-refractivity contribution in [2.75, 3.05) is 24.6 Å². The summed E-state index contributed by atoms with van der Waals surface area (Å²) in [7, 11) is 0. The third-order valence-corrected chi connectivity index (χ3v) is 3.43. The molecule has 0 bridgehead atoms. The van der Waals surface area contributed by atoms with E-state index in [-0.39, 0.29) is 5.60 Å². The van der Waals surface area contributed by atoms with Gasteiger partial charge < -0.3 is 9.64 Å². The summed E-state index contributed by atoms with van der Waals surface area (Å²) in [6, 6.07) is 6.49. The summed E-state index contributed by atoms with van der Waals surface area (Å²) >= 11 is 6.04. The molecule has 2 rings (SSSR count). The summed E-state index contributed by atoms with van der Waals surface area (Å²) in [5.41, 5.74) is 3.65. The monoisotopic (exact) mass is 253 g/mol. The zero-order chi connectivity index (χ0) is 12.5. The number of rotatable bonds is 2. The number of alkyl halides is 1. The number of benzene rings is 1. The van der Waals surface area contributed by atoms with E-state index >= 15 is 0 Å². The molecule has 17 heavy (non-hydrogen) atoms. The molecule has 0 N–H and O–H groups in total. The lowest BCUT2D eigenvalue weighted by Gasteiger charge is -2.40. The van der Waals surface area contributed by atoms with E-state index in [0.29, 0.717) is 5.88 Å². The highest BCUT2D eigenvalue weighted by molar-refractivity contribution is 6.17. The van der Waals surface area contributed by atoms with Gasteiger partial charge in [0.05, 0.1) is 12.2 Å². The Balaban J connectivity index is 2.27. The van der Waals surface area contributed by atoms with E-state index in [9.17, 15) is 0 Å². The van der Waals surface area contributed by atoms with Gasteiger partial charge in [0, 0.05) is 24.7 Å². The van der Waals surface area contributed by atoms with Crippen LogP contribution >= 0.6 is 11.6 Å². The molecule has 0 spiro atoms. The maximum atomic E-state index is 6.04. The Kier molecular flexibility index (Phi) is 3.64. The molecule has 1 heterocycles. The molecule has 0 atom stereocenters. The van der Waals surface area contributed by atoms with E-state index in [4.69, 9.17) is 16.3 Å². The SMILES string of the molecule is Cc1ccc(N2CCOC(C)(C)C2)c(CCl)c1. The van der Waals surface area contributed by atoms with Crippen molar-refractivity contribution in [1.29, 1.82) is 0 Å². The first kappa shape index (κ1) is 12.7. The molecule has 3 heteroatoms. The van der Waals surface area contributed by atoms with Crippen molar-refractivity contribution in [3.05, 3.63) is 29.3 Å². The minimum atomic E-state index is -0.0767. The lowest BCUT2D eigenvalue weighted by Crippen LogP contribution is -2.48. The second kappa shape index (κ2) is 4.87. The van der Waals surface area contributed by atoms with Crippen molar-refractivity contribution in [1.82, 2.24) is 0 Å². The first-order chi connectivity index (χ1) is 8.02. The quantitative estimate of drug-likeness (QED) is 0.750. The zero-order valence-corrected chi connectivity index (χ0v) is 11.5. The van der Waals surface area contributed by atoms with Gasteiger partial charge >= 0.3 is 0 Å². The third-order valence-electron chi connectivity index (χ3n) is 3.15. The molecule has 0 saturated carbocycles. The Hall–Kier alpha value is -0.730. The minimum Gasteiger partial charge on any atom is -0.372 e. The van der Waals surface area contributed by atoms with Gasteiger partial charge in [-0.25, -0.2) is 0 Å². The Labute approximate surface area is 109 Å². The van der Waals surface area contributed by atoms with Crippen LogP contribution in [0.5, 0.6) is 0 Å². The molecule has 2 nitrogen and oxygen atoms in total. The summed E-state index contributed by atoms with van der Waals surface area (Å²) in [5.74, 6) is 0.564. The average molecular weight is 254 g/mol. The number of anilines is 1. The highest BCUT2D eigenvalue weighted by atomic mass is 35.5. The van der Waals surface area contributed by atoms with Crippen LogP contribution in [0.1, 0.15) is 25.0 Å². The van der Waals surface area contributed by atoms with Gasteiger partial charge in [-0.05, 0) is 32.4 Å². The fourth-order valence-corrected chi connectivity index (χ4v) is 2.57. The van der Waals surface area contributed by atoms with Crippen LogP contribution in [0.15, 0.2) is 18.2 Å². The van der Waals surface area contributed by atoms with Crippen molar-refractivity contribution in [3.8, 4) is 0 Å². The van der Waals surface area contributed by atoms with E-state index in [2.05, 4.69) is 43.9 Å². The molecule has 0 aliphatic carbocycles. The third kappa shape index (κ3) is 2.93. The van der Waals surface area contributed by atoms with Gasteiger partial charge in [-0.15, -0.1) is 11.6 Å². The topological polar surface area (TPSA) is 12.5 Å². The minimum absolute atomic E-state index is 0.0767. The summed E-state index contributed by atoms with van der Waals surface area (Å²) in [4.78, 5) is 2.38. The molecule has 1 aromatic rings. The molecule has 0 unspecified atom stereocenters. The lowest BCUT2D eigenvalue weighted by molar-refractivity contribution is -0.0277. The highest BCUT2D eigenvalue weighted by Gasteiger charge is 2.28. The first-order valence-electron chi connectivity index (χ1n) is 6.06. The van der Waals surface area contributed by atoms with E-state index < -0.39 is 0 Å². The van der Waals surface area contributed by atoms with Crippen molar-refractivity contribution >= 4 is 17.3 Å². The van der Waals surface area contributed by atoms with Crippen LogP contribution in [-0.2, 0) is 10.6 Å². The Morgan fingerprint density at radius 1 is 1.41 bits per heavy atom. The highest BCUT2D eigenvalue weighted by Crippen LogP contribution is 2.28. The van der Waals surface area contributed by atoms with Crippen molar-refractivity contribution in [3.63, 3.8) is 0 Å². The predicted molar refractivity (Wildman–Crippen MR) is 73.0 cm³/mol. The number of nitrogens with zero attached hydrogens (tertiary/aromatic N) is 1. The Morgan fingerprint density at radius 2 is 2.18 bits per heavy atom. The molecule has 1 aromatic carbocycles. The number of halogens is 1. The number of morpholine rings is 1. The lowest BCUT2D eigenvalue weighted by atomic mass is 10.0.